The summed E-state index contributed by atoms with van der Waals surface area (Å²) in [6.45, 7) is 4.19. The fraction of sp³-hybridized carbons (Fsp3) is 0.294. The zero-order chi connectivity index (χ0) is 14.2. The summed E-state index contributed by atoms with van der Waals surface area (Å²) < 4.78 is 18.8. The van der Waals surface area contributed by atoms with Crippen molar-refractivity contribution in [3.05, 3.63) is 65.5 Å². The molecular formula is C17H20ClFNO-. The van der Waals surface area contributed by atoms with E-state index in [1.807, 2.05) is 43.3 Å². The maximum atomic E-state index is 13.4. The second kappa shape index (κ2) is 9.37. The summed E-state index contributed by atoms with van der Waals surface area (Å²) in [6, 6.07) is 14.9. The Hall–Kier alpha value is -1.58. The molecule has 0 heterocycles. The molecule has 0 fully saturated rings. The minimum atomic E-state index is -0.129. The Morgan fingerprint density at radius 3 is 2.43 bits per heavy atom. The monoisotopic (exact) mass is 308 g/mol. The summed E-state index contributed by atoms with van der Waals surface area (Å²) >= 11 is 0. The molecule has 2 rings (SSSR count). The van der Waals surface area contributed by atoms with Gasteiger partial charge < -0.3 is 22.5 Å². The molecule has 2 aromatic carbocycles. The third-order valence-electron chi connectivity index (χ3n) is 3.09. The molecule has 1 N–H and O–H groups in total. The molecule has 0 saturated heterocycles. The van der Waals surface area contributed by atoms with E-state index in [4.69, 9.17) is 4.74 Å². The highest BCUT2D eigenvalue weighted by atomic mass is 35.5. The lowest BCUT2D eigenvalue weighted by atomic mass is 10.1. The summed E-state index contributed by atoms with van der Waals surface area (Å²) in [5.74, 6) is 0.762. The molecule has 21 heavy (non-hydrogen) atoms. The van der Waals surface area contributed by atoms with Gasteiger partial charge in [0.05, 0.1) is 6.61 Å². The first-order chi connectivity index (χ1) is 9.79. The van der Waals surface area contributed by atoms with Gasteiger partial charge in [-0.15, -0.1) is 0 Å². The van der Waals surface area contributed by atoms with Crippen molar-refractivity contribution in [3.63, 3.8) is 0 Å². The number of halogens is 2. The van der Waals surface area contributed by atoms with Crippen LogP contribution in [-0.2, 0) is 13.0 Å². The standard InChI is InChI=1S/C17H20FNO.ClH/c1-2-20-16-9-7-14(8-10-16)13-19-12-11-15-5-3-4-6-17(15)18;/h3-10,19H,2,11-13H2,1H3;1H/p-1. The molecule has 0 aliphatic rings. The fourth-order valence-corrected chi connectivity index (χ4v) is 2.03. The first-order valence-corrected chi connectivity index (χ1v) is 6.95. The van der Waals surface area contributed by atoms with Gasteiger partial charge in [-0.3, -0.25) is 0 Å². The highest BCUT2D eigenvalue weighted by molar-refractivity contribution is 5.27. The van der Waals surface area contributed by atoms with Crippen LogP contribution in [0.2, 0.25) is 0 Å². The van der Waals surface area contributed by atoms with E-state index in [1.54, 1.807) is 6.07 Å². The van der Waals surface area contributed by atoms with Crippen molar-refractivity contribution in [2.45, 2.75) is 19.9 Å². The van der Waals surface area contributed by atoms with Crippen LogP contribution in [0.4, 0.5) is 4.39 Å². The van der Waals surface area contributed by atoms with Crippen molar-refractivity contribution in [2.75, 3.05) is 13.2 Å². The van der Waals surface area contributed by atoms with Crippen LogP contribution in [0, 0.1) is 5.82 Å². The summed E-state index contributed by atoms with van der Waals surface area (Å²) in [7, 11) is 0. The van der Waals surface area contributed by atoms with Gasteiger partial charge >= 0.3 is 0 Å². The minimum Gasteiger partial charge on any atom is -1.00 e. The van der Waals surface area contributed by atoms with Crippen LogP contribution in [0.5, 0.6) is 5.75 Å². The lowest BCUT2D eigenvalue weighted by Crippen LogP contribution is -3.00. The molecule has 0 aliphatic carbocycles. The van der Waals surface area contributed by atoms with Gasteiger partial charge in [0.25, 0.3) is 0 Å². The molecular weight excluding hydrogens is 289 g/mol. The Bertz CT molecular complexity index is 531. The Morgan fingerprint density at radius 1 is 1.05 bits per heavy atom. The number of hydrogen-bond acceptors (Lipinski definition) is 2. The molecule has 0 unspecified atom stereocenters. The van der Waals surface area contributed by atoms with Crippen LogP contribution >= 0.6 is 0 Å². The first-order valence-electron chi connectivity index (χ1n) is 6.95. The van der Waals surface area contributed by atoms with E-state index in [-0.39, 0.29) is 18.2 Å². The zero-order valence-electron chi connectivity index (χ0n) is 12.1. The maximum absolute atomic E-state index is 13.4. The van der Waals surface area contributed by atoms with Crippen molar-refractivity contribution < 1.29 is 21.5 Å². The van der Waals surface area contributed by atoms with Crippen molar-refractivity contribution in [2.24, 2.45) is 0 Å². The van der Waals surface area contributed by atoms with Gasteiger partial charge in [-0.2, -0.15) is 0 Å². The van der Waals surface area contributed by atoms with E-state index in [0.717, 1.165) is 24.4 Å². The lowest BCUT2D eigenvalue weighted by Gasteiger charge is -2.07. The smallest absolute Gasteiger partial charge is 0.126 e. The Balaban J connectivity index is 0.00000220. The summed E-state index contributed by atoms with van der Waals surface area (Å²) in [5.41, 5.74) is 1.95. The van der Waals surface area contributed by atoms with Gasteiger partial charge in [-0.1, -0.05) is 30.3 Å². The van der Waals surface area contributed by atoms with Gasteiger partial charge in [0.2, 0.25) is 0 Å². The molecule has 0 bridgehead atoms. The summed E-state index contributed by atoms with van der Waals surface area (Å²) in [4.78, 5) is 0. The average molecular weight is 309 g/mol. The fourth-order valence-electron chi connectivity index (χ4n) is 2.03. The number of nitrogens with one attached hydrogen (secondary N) is 1. The van der Waals surface area contributed by atoms with Crippen LogP contribution in [0.15, 0.2) is 48.5 Å². The van der Waals surface area contributed by atoms with Gasteiger partial charge in [0.15, 0.2) is 0 Å². The molecule has 0 radical (unpaired) electrons. The van der Waals surface area contributed by atoms with Crippen LogP contribution in [0.25, 0.3) is 0 Å². The molecule has 0 atom stereocenters. The van der Waals surface area contributed by atoms with E-state index >= 15 is 0 Å². The zero-order valence-corrected chi connectivity index (χ0v) is 12.9. The van der Waals surface area contributed by atoms with Gasteiger partial charge in [-0.05, 0) is 49.2 Å². The Labute approximate surface area is 131 Å². The van der Waals surface area contributed by atoms with E-state index < -0.39 is 0 Å². The second-order valence-corrected chi connectivity index (χ2v) is 4.60. The van der Waals surface area contributed by atoms with Crippen molar-refractivity contribution in [1.29, 1.82) is 0 Å². The molecule has 0 amide bonds. The third kappa shape index (κ3) is 5.74. The minimum absolute atomic E-state index is 0. The predicted molar refractivity (Wildman–Crippen MR) is 79.4 cm³/mol. The number of ether oxygens (including phenoxy) is 1. The second-order valence-electron chi connectivity index (χ2n) is 4.60. The van der Waals surface area contributed by atoms with E-state index in [1.165, 1.54) is 11.6 Å². The first kappa shape index (κ1) is 17.5. The molecule has 0 aromatic heterocycles. The van der Waals surface area contributed by atoms with Crippen LogP contribution < -0.4 is 22.5 Å². The number of benzene rings is 2. The van der Waals surface area contributed by atoms with E-state index in [9.17, 15) is 4.39 Å². The van der Waals surface area contributed by atoms with E-state index in [2.05, 4.69) is 5.32 Å². The Morgan fingerprint density at radius 2 is 1.76 bits per heavy atom. The van der Waals surface area contributed by atoms with Crippen LogP contribution in [0.1, 0.15) is 18.1 Å². The SMILES string of the molecule is CCOc1ccc(CNCCc2ccccc2F)cc1.[Cl-]. The molecule has 0 saturated carbocycles. The maximum Gasteiger partial charge on any atom is 0.126 e. The largest absolute Gasteiger partial charge is 1.00 e. The summed E-state index contributed by atoms with van der Waals surface area (Å²) in [5, 5.41) is 3.32. The average Bonchev–Trinajstić information content (AvgIpc) is 2.47. The molecule has 4 heteroatoms. The molecule has 2 nitrogen and oxygen atoms in total. The van der Waals surface area contributed by atoms with Gasteiger partial charge in [-0.25, -0.2) is 4.39 Å². The number of hydrogen-bond donors (Lipinski definition) is 1. The van der Waals surface area contributed by atoms with Crippen molar-refractivity contribution >= 4 is 0 Å². The molecule has 0 spiro atoms. The van der Waals surface area contributed by atoms with Gasteiger partial charge in [0.1, 0.15) is 11.6 Å². The van der Waals surface area contributed by atoms with Crippen LogP contribution in [-0.4, -0.2) is 13.2 Å². The van der Waals surface area contributed by atoms with Crippen molar-refractivity contribution in [1.82, 2.24) is 5.32 Å². The van der Waals surface area contributed by atoms with Crippen molar-refractivity contribution in [3.8, 4) is 5.75 Å². The highest BCUT2D eigenvalue weighted by Crippen LogP contribution is 2.12. The van der Waals surface area contributed by atoms with Gasteiger partial charge in [0, 0.05) is 6.54 Å². The lowest BCUT2D eigenvalue weighted by molar-refractivity contribution is -0.00000526. The Kier molecular flexibility index (Phi) is 7.80. The topological polar surface area (TPSA) is 21.3 Å². The van der Waals surface area contributed by atoms with Crippen LogP contribution in [0.3, 0.4) is 0 Å². The molecule has 2 aromatic rings. The molecule has 114 valence electrons. The quantitative estimate of drug-likeness (QED) is 0.755. The number of rotatable bonds is 7. The van der Waals surface area contributed by atoms with E-state index in [0.29, 0.717) is 13.0 Å². The molecule has 0 aliphatic heterocycles. The highest BCUT2D eigenvalue weighted by Gasteiger charge is 2.00. The normalized spacial score (nSPS) is 10.0. The predicted octanol–water partition coefficient (Wildman–Crippen LogP) is 0.561. The third-order valence-corrected chi connectivity index (χ3v) is 3.09. The summed E-state index contributed by atoms with van der Waals surface area (Å²) in [6.07, 6.45) is 0.698.